The van der Waals surface area contributed by atoms with Crippen molar-refractivity contribution in [3.63, 3.8) is 0 Å². The van der Waals surface area contributed by atoms with Gasteiger partial charge >= 0.3 is 0 Å². The third-order valence-corrected chi connectivity index (χ3v) is 3.82. The van der Waals surface area contributed by atoms with Gasteiger partial charge in [-0.05, 0) is 19.3 Å². The van der Waals surface area contributed by atoms with E-state index >= 15 is 0 Å². The summed E-state index contributed by atoms with van der Waals surface area (Å²) in [5.41, 5.74) is 5.18. The zero-order valence-electron chi connectivity index (χ0n) is 8.42. The van der Waals surface area contributed by atoms with Crippen molar-refractivity contribution in [1.29, 1.82) is 0 Å². The summed E-state index contributed by atoms with van der Waals surface area (Å²) in [6.45, 7) is 8.70. The van der Waals surface area contributed by atoms with E-state index in [1.165, 1.54) is 0 Å². The third-order valence-electron chi connectivity index (χ3n) is 3.82. The minimum absolute atomic E-state index is 0.104. The van der Waals surface area contributed by atoms with Gasteiger partial charge in [-0.15, -0.1) is 10.3 Å². The van der Waals surface area contributed by atoms with Crippen LogP contribution >= 0.6 is 0 Å². The van der Waals surface area contributed by atoms with Gasteiger partial charge in [0.25, 0.3) is 0 Å². The minimum Gasteiger partial charge on any atom is -0.311 e. The molecule has 0 aromatic carbocycles. The van der Waals surface area contributed by atoms with E-state index in [1.807, 2.05) is 6.92 Å². The summed E-state index contributed by atoms with van der Waals surface area (Å²) in [7, 11) is 0. The Morgan fingerprint density at radius 3 is 2.33 bits per heavy atom. The number of piperidine rings is 1. The molecule has 0 saturated carbocycles. The van der Waals surface area contributed by atoms with Crippen molar-refractivity contribution < 1.29 is 5.21 Å². The number of rotatable bonds is 0. The Bertz CT molecular complexity index is 157. The van der Waals surface area contributed by atoms with Crippen LogP contribution in [0.1, 0.15) is 34.1 Å². The van der Waals surface area contributed by atoms with Crippen molar-refractivity contribution in [3.8, 4) is 0 Å². The molecule has 0 bridgehead atoms. The highest BCUT2D eigenvalue weighted by Gasteiger charge is 2.49. The van der Waals surface area contributed by atoms with Crippen LogP contribution < -0.4 is 5.73 Å². The van der Waals surface area contributed by atoms with E-state index in [4.69, 9.17) is 5.73 Å². The maximum atomic E-state index is 11.5. The number of nitrogens with two attached hydrogens (primary N) is 1. The number of hydrogen-bond donors (Lipinski definition) is 1. The van der Waals surface area contributed by atoms with E-state index in [1.54, 1.807) is 0 Å². The summed E-state index contributed by atoms with van der Waals surface area (Å²) in [5, 5.41) is 12.5. The summed E-state index contributed by atoms with van der Waals surface area (Å²) in [6.07, 6.45) is 0.948. The lowest BCUT2D eigenvalue weighted by Gasteiger charge is -2.52. The predicted octanol–water partition coefficient (Wildman–Crippen LogP) is 1.37. The second-order valence-corrected chi connectivity index (χ2v) is 4.66. The largest absolute Gasteiger partial charge is 0.311 e. The molecule has 0 aromatic rings. The topological polar surface area (TPSA) is 49.2 Å². The van der Waals surface area contributed by atoms with Crippen LogP contribution in [0, 0.1) is 11.3 Å². The highest BCUT2D eigenvalue weighted by molar-refractivity contribution is 4.97. The van der Waals surface area contributed by atoms with Crippen molar-refractivity contribution in [3.05, 3.63) is 0 Å². The lowest BCUT2D eigenvalue weighted by Crippen LogP contribution is -2.66. The van der Waals surface area contributed by atoms with Crippen LogP contribution in [0.2, 0.25) is 0 Å². The molecule has 1 aliphatic heterocycles. The molecule has 3 nitrogen and oxygen atoms in total. The van der Waals surface area contributed by atoms with Crippen molar-refractivity contribution in [1.82, 2.24) is 5.06 Å². The van der Waals surface area contributed by atoms with Crippen LogP contribution in [-0.4, -0.2) is 17.3 Å². The molecule has 0 amide bonds. The molecule has 0 spiro atoms. The second kappa shape index (κ2) is 2.69. The highest BCUT2D eigenvalue weighted by Crippen LogP contribution is 2.43. The van der Waals surface area contributed by atoms with Gasteiger partial charge < -0.3 is 5.73 Å². The molecule has 12 heavy (non-hydrogen) atoms. The number of hydroxylamine groups is 2. The first-order valence-corrected chi connectivity index (χ1v) is 4.54. The Labute approximate surface area is 74.5 Å². The Kier molecular flexibility index (Phi) is 2.23. The van der Waals surface area contributed by atoms with Gasteiger partial charge in [0.15, 0.2) is 0 Å². The first kappa shape index (κ1) is 9.96. The minimum atomic E-state index is -0.718. The van der Waals surface area contributed by atoms with Gasteiger partial charge in [-0.25, -0.2) is 0 Å². The fourth-order valence-corrected chi connectivity index (χ4v) is 1.72. The molecule has 1 aliphatic rings. The molecular weight excluding hydrogens is 152 g/mol. The molecule has 2 atom stereocenters. The Morgan fingerprint density at radius 1 is 1.42 bits per heavy atom. The van der Waals surface area contributed by atoms with Crippen molar-refractivity contribution in [2.24, 2.45) is 17.1 Å². The molecule has 1 fully saturated rings. The van der Waals surface area contributed by atoms with E-state index in [9.17, 15) is 5.21 Å². The van der Waals surface area contributed by atoms with Crippen LogP contribution in [0.5, 0.6) is 0 Å². The van der Waals surface area contributed by atoms with E-state index in [0.29, 0.717) is 12.5 Å². The molecule has 3 heteroatoms. The SMILES string of the molecule is CC1CCN([O])C(C)(N)C1(C)C. The molecular formula is C9H19N2O. The molecule has 1 radical (unpaired) electrons. The maximum absolute atomic E-state index is 11.5. The van der Waals surface area contributed by atoms with Gasteiger partial charge in [-0.3, -0.25) is 0 Å². The average Bonchev–Trinajstić information content (AvgIpc) is 1.96. The van der Waals surface area contributed by atoms with E-state index < -0.39 is 5.66 Å². The normalized spacial score (nSPS) is 43.0. The Hall–Kier alpha value is -0.120. The average molecular weight is 171 g/mol. The van der Waals surface area contributed by atoms with E-state index in [0.717, 1.165) is 11.5 Å². The second-order valence-electron chi connectivity index (χ2n) is 4.66. The summed E-state index contributed by atoms with van der Waals surface area (Å²) in [4.78, 5) is 0. The first-order chi connectivity index (χ1) is 5.30. The van der Waals surface area contributed by atoms with E-state index in [2.05, 4.69) is 20.8 Å². The maximum Gasteiger partial charge on any atom is 0.0984 e. The zero-order valence-corrected chi connectivity index (χ0v) is 8.42. The first-order valence-electron chi connectivity index (χ1n) is 4.54. The van der Waals surface area contributed by atoms with Crippen molar-refractivity contribution in [2.75, 3.05) is 6.54 Å². The summed E-state index contributed by atoms with van der Waals surface area (Å²) in [5.74, 6) is 0.512. The lowest BCUT2D eigenvalue weighted by atomic mass is 9.67. The Morgan fingerprint density at radius 2 is 1.92 bits per heavy atom. The highest BCUT2D eigenvalue weighted by atomic mass is 16.5. The molecule has 1 heterocycles. The van der Waals surface area contributed by atoms with Crippen LogP contribution in [0.3, 0.4) is 0 Å². The fraction of sp³-hybridized carbons (Fsp3) is 1.00. The standard InChI is InChI=1S/C9H19N2O/c1-7-5-6-11(12)9(4,10)8(7,2)3/h7H,5-6,10H2,1-4H3. The van der Waals surface area contributed by atoms with Crippen LogP contribution in [-0.2, 0) is 5.21 Å². The molecule has 2 unspecified atom stereocenters. The molecule has 0 aromatic heterocycles. The van der Waals surface area contributed by atoms with Crippen LogP contribution in [0.4, 0.5) is 0 Å². The summed E-state index contributed by atoms with van der Waals surface area (Å²) >= 11 is 0. The smallest absolute Gasteiger partial charge is 0.0984 e. The summed E-state index contributed by atoms with van der Waals surface area (Å²) < 4.78 is 0. The van der Waals surface area contributed by atoms with Gasteiger partial charge in [-0.2, -0.15) is 0 Å². The lowest BCUT2D eigenvalue weighted by molar-refractivity contribution is -0.277. The fourth-order valence-electron chi connectivity index (χ4n) is 1.72. The van der Waals surface area contributed by atoms with Gasteiger partial charge in [-0.1, -0.05) is 20.8 Å². The van der Waals surface area contributed by atoms with Gasteiger partial charge in [0.2, 0.25) is 0 Å². The molecule has 1 saturated heterocycles. The monoisotopic (exact) mass is 171 g/mol. The molecule has 71 valence electrons. The van der Waals surface area contributed by atoms with Gasteiger partial charge in [0, 0.05) is 12.0 Å². The quantitative estimate of drug-likeness (QED) is 0.598. The third kappa shape index (κ3) is 1.16. The van der Waals surface area contributed by atoms with Crippen molar-refractivity contribution >= 4 is 0 Å². The van der Waals surface area contributed by atoms with Gasteiger partial charge in [0.05, 0.1) is 5.66 Å². The van der Waals surface area contributed by atoms with Gasteiger partial charge in [0.1, 0.15) is 0 Å². The van der Waals surface area contributed by atoms with E-state index in [-0.39, 0.29) is 5.41 Å². The number of nitrogens with zero attached hydrogens (tertiary/aromatic N) is 1. The molecule has 1 rings (SSSR count). The Balaban J connectivity index is 2.92. The predicted molar refractivity (Wildman–Crippen MR) is 47.5 cm³/mol. The number of hydrogen-bond acceptors (Lipinski definition) is 2. The van der Waals surface area contributed by atoms with Crippen LogP contribution in [0.15, 0.2) is 0 Å². The van der Waals surface area contributed by atoms with Crippen LogP contribution in [0.25, 0.3) is 0 Å². The summed E-state index contributed by atoms with van der Waals surface area (Å²) in [6, 6.07) is 0. The molecule has 0 aliphatic carbocycles. The zero-order chi connectivity index (χ0) is 9.57. The van der Waals surface area contributed by atoms with Crippen molar-refractivity contribution in [2.45, 2.75) is 39.8 Å². The molecule has 2 N–H and O–H groups in total.